The van der Waals surface area contributed by atoms with Gasteiger partial charge in [0.05, 0.1) is 0 Å². The summed E-state index contributed by atoms with van der Waals surface area (Å²) in [5.41, 5.74) is 0. The van der Waals surface area contributed by atoms with Crippen LogP contribution in [0.4, 0.5) is 0 Å². The second-order valence-corrected chi connectivity index (χ2v) is 2.24. The zero-order chi connectivity index (χ0) is 9.65. The Bertz CT molecular complexity index is 267. The molecule has 8 nitrogen and oxygen atoms in total. The van der Waals surface area contributed by atoms with Gasteiger partial charge in [-0.3, -0.25) is 0 Å². The van der Waals surface area contributed by atoms with Crippen LogP contribution in [0.25, 0.3) is 0 Å². The molecule has 0 aromatic carbocycles. The number of rotatable bonds is 0. The Morgan fingerprint density at radius 1 is 0.917 bits per heavy atom. The van der Waals surface area contributed by atoms with Crippen molar-refractivity contribution in [2.75, 3.05) is 0 Å². The van der Waals surface area contributed by atoms with E-state index in [0.717, 1.165) is 0 Å². The number of carbonyl (C=O) groups is 2. The molecule has 10 heteroatoms. The topological polar surface area (TPSA) is 146 Å². The summed E-state index contributed by atoms with van der Waals surface area (Å²) in [6.07, 6.45) is 0. The molecule has 68 valence electrons. The molecule has 12 heavy (non-hydrogen) atoms. The third-order valence-corrected chi connectivity index (χ3v) is 0.183. The first kappa shape index (κ1) is 18.3. The van der Waals surface area contributed by atoms with Crippen LogP contribution < -0.4 is 0 Å². The standard InChI is InChI=1S/C2H2O4.K.Mn.H2O.3O.H/c3-1(4)2(5)6;;;;;;;/h(H,3,4)(H,5,6);;;1H2;;;;/q;;+1;;;;;/p-1. The second-order valence-electron chi connectivity index (χ2n) is 1.01. The molecule has 0 aromatic rings. The molecule has 0 bridgehead atoms. The molecule has 0 radical (unpaired) electrons. The summed E-state index contributed by atoms with van der Waals surface area (Å²) in [5, 5.41) is 14.8. The van der Waals surface area contributed by atoms with Crippen molar-refractivity contribution in [1.82, 2.24) is 0 Å². The van der Waals surface area contributed by atoms with Crippen molar-refractivity contribution in [3.8, 4) is 0 Å². The van der Waals surface area contributed by atoms with E-state index in [4.69, 9.17) is 35.5 Å². The molecule has 0 aliphatic carbocycles. The van der Waals surface area contributed by atoms with E-state index in [-0.39, 0.29) is 51.4 Å². The van der Waals surface area contributed by atoms with E-state index in [2.05, 4.69) is 0 Å². The van der Waals surface area contributed by atoms with Crippen LogP contribution >= 0.6 is 0 Å². The van der Waals surface area contributed by atoms with Crippen molar-refractivity contribution in [1.29, 1.82) is 0 Å². The van der Waals surface area contributed by atoms with Gasteiger partial charge in [-0.05, 0) is 0 Å². The van der Waals surface area contributed by atoms with Gasteiger partial charge < -0.3 is 10.2 Å². The first-order valence-corrected chi connectivity index (χ1v) is 3.71. The van der Waals surface area contributed by atoms with Crippen LogP contribution in [0.5, 0.6) is 0 Å². The fraction of sp³-hybridized carbons (Fsp3) is 0. The molecule has 0 aliphatic heterocycles. The second kappa shape index (κ2) is 8.07. The predicted octanol–water partition coefficient (Wildman–Crippen LogP) is -2.41. The van der Waals surface area contributed by atoms with E-state index in [0.29, 0.717) is 0 Å². The van der Waals surface area contributed by atoms with E-state index in [1.165, 1.54) is 0 Å². The van der Waals surface area contributed by atoms with Crippen molar-refractivity contribution in [3.05, 3.63) is 0 Å². The zero-order valence-electron chi connectivity index (χ0n) is 4.76. The van der Waals surface area contributed by atoms with Crippen molar-refractivity contribution in [3.63, 3.8) is 0 Å². The average molecular weight is 250 g/mol. The van der Waals surface area contributed by atoms with E-state index in [1.54, 1.807) is 0 Å². The van der Waals surface area contributed by atoms with Gasteiger partial charge in [0.25, 0.3) is 0 Å². The van der Waals surface area contributed by atoms with Gasteiger partial charge in [0, 0.05) is 0 Å². The molecule has 0 aliphatic rings. The van der Waals surface area contributed by atoms with Crippen molar-refractivity contribution in [2.24, 2.45) is 0 Å². The first-order chi connectivity index (χ1) is 4.64. The van der Waals surface area contributed by atoms with Crippen LogP contribution in [-0.2, 0) is 34.1 Å². The van der Waals surface area contributed by atoms with Crippen molar-refractivity contribution in [2.45, 2.75) is 0 Å². The van der Waals surface area contributed by atoms with Gasteiger partial charge in [0.15, 0.2) is 0 Å². The summed E-state index contributed by atoms with van der Waals surface area (Å²) >= 11 is -5.38. The maximum atomic E-state index is 9.10. The average Bonchev–Trinajstić information content (AvgIpc) is 1.59. The van der Waals surface area contributed by atoms with E-state index < -0.39 is 24.9 Å². The van der Waals surface area contributed by atoms with Gasteiger partial charge in [0.2, 0.25) is 0 Å². The third-order valence-electron chi connectivity index (χ3n) is 0.183. The summed E-state index contributed by atoms with van der Waals surface area (Å²) in [6.45, 7) is 0. The molecular formula is C2H4KMnO8. The first-order valence-electron chi connectivity index (χ1n) is 1.74. The molecule has 0 fully saturated rings. The SMILES string of the molecule is O=C(O)C(=O)O.[KH].[O]=[Mn](=[O])(=[O])[OH]. The van der Waals surface area contributed by atoms with E-state index in [1.807, 2.05) is 0 Å². The quantitative estimate of drug-likeness (QED) is 0.318. The summed E-state index contributed by atoms with van der Waals surface area (Å²) in [6, 6.07) is 0. The molecule has 0 heterocycles. The maximum absolute atomic E-state index is 9.10. The van der Waals surface area contributed by atoms with Gasteiger partial charge >= 0.3 is 92.0 Å². The molecule has 0 rings (SSSR count). The summed E-state index contributed by atoms with van der Waals surface area (Å²) in [7, 11) is 0. The van der Waals surface area contributed by atoms with Crippen LogP contribution in [-0.4, -0.2) is 77.7 Å². The monoisotopic (exact) mass is 250 g/mol. The van der Waals surface area contributed by atoms with Crippen LogP contribution in [0.2, 0.25) is 0 Å². The molecule has 0 saturated carbocycles. The van der Waals surface area contributed by atoms with Crippen LogP contribution in [0.15, 0.2) is 0 Å². The number of aliphatic carboxylic acids is 2. The number of carboxylic acids is 2. The summed E-state index contributed by atoms with van der Waals surface area (Å²) in [4.78, 5) is 18.2. The summed E-state index contributed by atoms with van der Waals surface area (Å²) in [5.74, 6) is -3.65. The van der Waals surface area contributed by atoms with Gasteiger partial charge in [-0.2, -0.15) is 0 Å². The Hall–Kier alpha value is 0.456. The minimum absolute atomic E-state index is 0. The van der Waals surface area contributed by atoms with Gasteiger partial charge in [0.1, 0.15) is 0 Å². The minimum atomic E-state index is -5.38. The Labute approximate surface area is 110 Å². The van der Waals surface area contributed by atoms with Gasteiger partial charge in [-0.1, -0.05) is 0 Å². The molecule has 0 aromatic heterocycles. The fourth-order valence-electron chi connectivity index (χ4n) is 0. The molecule has 0 unspecified atom stereocenters. The van der Waals surface area contributed by atoms with Gasteiger partial charge in [-0.15, -0.1) is 0 Å². The molecule has 0 spiro atoms. The Balaban J connectivity index is -0.000000126. The number of hydrogen-bond acceptors (Lipinski definition) is 5. The van der Waals surface area contributed by atoms with E-state index in [9.17, 15) is 0 Å². The third kappa shape index (κ3) is 47.1. The normalized spacial score (nSPS) is 8.42. The van der Waals surface area contributed by atoms with Gasteiger partial charge in [-0.25, -0.2) is 9.59 Å². The predicted molar refractivity (Wildman–Crippen MR) is 26.7 cm³/mol. The Morgan fingerprint density at radius 3 is 1.00 bits per heavy atom. The van der Waals surface area contributed by atoms with Crippen LogP contribution in [0.3, 0.4) is 0 Å². The number of hydrogen-bond donors (Lipinski definition) is 3. The molecule has 3 N–H and O–H groups in total. The van der Waals surface area contributed by atoms with Crippen molar-refractivity contribution >= 4 is 63.3 Å². The molecule has 0 amide bonds. The number of carboxylic acid groups (broad SMARTS) is 2. The zero-order valence-corrected chi connectivity index (χ0v) is 5.94. The van der Waals surface area contributed by atoms with Crippen molar-refractivity contribution < 1.29 is 48.5 Å². The Kier molecular flexibility index (Phi) is 12.3. The molecule has 0 atom stereocenters. The van der Waals surface area contributed by atoms with E-state index >= 15 is 0 Å². The van der Waals surface area contributed by atoms with Crippen LogP contribution in [0.1, 0.15) is 0 Å². The molecule has 0 saturated heterocycles. The Morgan fingerprint density at radius 2 is 1.00 bits per heavy atom. The fourth-order valence-corrected chi connectivity index (χ4v) is 0. The molecular weight excluding hydrogens is 246 g/mol. The van der Waals surface area contributed by atoms with Crippen LogP contribution in [0, 0.1) is 0 Å². The summed E-state index contributed by atoms with van der Waals surface area (Å²) < 4.78 is 33.1.